The van der Waals surface area contributed by atoms with Crippen LogP contribution in [0.1, 0.15) is 5.56 Å². The molecule has 2 aromatic rings. The smallest absolute Gasteiger partial charge is 0.204 e. The summed E-state index contributed by atoms with van der Waals surface area (Å²) in [4.78, 5) is 0. The molecule has 6 heteroatoms. The van der Waals surface area contributed by atoms with Crippen molar-refractivity contribution in [1.29, 1.82) is 0 Å². The molecule has 0 amide bonds. The van der Waals surface area contributed by atoms with Gasteiger partial charge in [-0.15, -0.1) is 10.2 Å². The standard InChI is InChI=1S/C9H10N4O2/c1-5-3-6(9-10-12-13-11-9)4-7(15-2)8(5)14/h3-4,14H,1-2H3,(H,10,11,12,13). The molecule has 78 valence electrons. The SMILES string of the molecule is COc1cc(-c2nn[nH]n2)cc(C)c1O. The monoisotopic (exact) mass is 206 g/mol. The van der Waals surface area contributed by atoms with Crippen LogP contribution in [0.2, 0.25) is 0 Å². The average Bonchev–Trinajstić information content (AvgIpc) is 2.75. The molecule has 0 radical (unpaired) electrons. The van der Waals surface area contributed by atoms with Gasteiger partial charge in [-0.3, -0.25) is 0 Å². The number of phenols is 1. The van der Waals surface area contributed by atoms with E-state index in [-0.39, 0.29) is 5.75 Å². The molecular weight excluding hydrogens is 196 g/mol. The van der Waals surface area contributed by atoms with E-state index in [0.717, 1.165) is 5.56 Å². The van der Waals surface area contributed by atoms with Crippen molar-refractivity contribution < 1.29 is 9.84 Å². The van der Waals surface area contributed by atoms with Crippen molar-refractivity contribution in [2.75, 3.05) is 7.11 Å². The Labute approximate surface area is 85.9 Å². The summed E-state index contributed by atoms with van der Waals surface area (Å²) in [5.74, 6) is 0.996. The van der Waals surface area contributed by atoms with E-state index in [9.17, 15) is 5.11 Å². The minimum atomic E-state index is 0.129. The molecule has 0 atom stereocenters. The van der Waals surface area contributed by atoms with Crippen molar-refractivity contribution in [3.05, 3.63) is 17.7 Å². The number of aromatic hydroxyl groups is 1. The lowest BCUT2D eigenvalue weighted by Crippen LogP contribution is -1.89. The van der Waals surface area contributed by atoms with E-state index in [1.807, 2.05) is 0 Å². The number of aromatic amines is 1. The van der Waals surface area contributed by atoms with Crippen molar-refractivity contribution in [3.8, 4) is 22.9 Å². The number of methoxy groups -OCH3 is 1. The van der Waals surface area contributed by atoms with Crippen molar-refractivity contribution in [3.63, 3.8) is 0 Å². The summed E-state index contributed by atoms with van der Waals surface area (Å²) in [7, 11) is 1.49. The summed E-state index contributed by atoms with van der Waals surface area (Å²) >= 11 is 0. The van der Waals surface area contributed by atoms with E-state index < -0.39 is 0 Å². The van der Waals surface area contributed by atoms with Gasteiger partial charge in [0.1, 0.15) is 0 Å². The minimum absolute atomic E-state index is 0.129. The average molecular weight is 206 g/mol. The zero-order valence-corrected chi connectivity index (χ0v) is 8.35. The highest BCUT2D eigenvalue weighted by Crippen LogP contribution is 2.33. The molecule has 0 aliphatic carbocycles. The van der Waals surface area contributed by atoms with Gasteiger partial charge in [0.05, 0.1) is 7.11 Å². The van der Waals surface area contributed by atoms with Gasteiger partial charge < -0.3 is 9.84 Å². The van der Waals surface area contributed by atoms with Crippen LogP contribution in [-0.4, -0.2) is 32.8 Å². The maximum Gasteiger partial charge on any atom is 0.204 e. The topological polar surface area (TPSA) is 83.9 Å². The van der Waals surface area contributed by atoms with Crippen LogP contribution >= 0.6 is 0 Å². The highest BCUT2D eigenvalue weighted by molar-refractivity contribution is 5.62. The third-order valence-electron chi connectivity index (χ3n) is 2.09. The first-order valence-electron chi connectivity index (χ1n) is 4.34. The van der Waals surface area contributed by atoms with E-state index in [4.69, 9.17) is 4.74 Å². The van der Waals surface area contributed by atoms with Crippen LogP contribution in [0.4, 0.5) is 0 Å². The molecule has 0 unspecified atom stereocenters. The van der Waals surface area contributed by atoms with Crippen LogP contribution in [0.3, 0.4) is 0 Å². The van der Waals surface area contributed by atoms with Crippen LogP contribution in [0.25, 0.3) is 11.4 Å². The Balaban J connectivity index is 2.55. The van der Waals surface area contributed by atoms with Crippen LogP contribution < -0.4 is 4.74 Å². The highest BCUT2D eigenvalue weighted by Gasteiger charge is 2.10. The van der Waals surface area contributed by atoms with Gasteiger partial charge in [0, 0.05) is 5.56 Å². The number of phenolic OH excluding ortho intramolecular Hbond substituents is 1. The Hall–Kier alpha value is -2.11. The van der Waals surface area contributed by atoms with E-state index in [1.54, 1.807) is 19.1 Å². The fourth-order valence-electron chi connectivity index (χ4n) is 1.32. The number of tetrazole rings is 1. The zero-order valence-electron chi connectivity index (χ0n) is 8.35. The van der Waals surface area contributed by atoms with Gasteiger partial charge in [-0.25, -0.2) is 0 Å². The lowest BCUT2D eigenvalue weighted by molar-refractivity contribution is 0.372. The number of H-pyrrole nitrogens is 1. The molecule has 1 aromatic heterocycles. The van der Waals surface area contributed by atoms with Gasteiger partial charge in [0.15, 0.2) is 11.5 Å². The number of ether oxygens (including phenoxy) is 1. The molecule has 0 spiro atoms. The zero-order chi connectivity index (χ0) is 10.8. The van der Waals surface area contributed by atoms with Crippen LogP contribution in [0.5, 0.6) is 11.5 Å². The second-order valence-corrected chi connectivity index (χ2v) is 3.08. The summed E-state index contributed by atoms with van der Waals surface area (Å²) in [6.45, 7) is 1.78. The number of hydrogen-bond donors (Lipinski definition) is 2. The summed E-state index contributed by atoms with van der Waals surface area (Å²) in [6.07, 6.45) is 0. The predicted octanol–water partition coefficient (Wildman–Crippen LogP) is 0.889. The molecular formula is C9H10N4O2. The lowest BCUT2D eigenvalue weighted by atomic mass is 10.1. The van der Waals surface area contributed by atoms with Crippen molar-refractivity contribution >= 4 is 0 Å². The molecule has 2 N–H and O–H groups in total. The Kier molecular flexibility index (Phi) is 2.24. The molecule has 1 aromatic carbocycles. The highest BCUT2D eigenvalue weighted by atomic mass is 16.5. The number of hydrogen-bond acceptors (Lipinski definition) is 5. The van der Waals surface area contributed by atoms with E-state index >= 15 is 0 Å². The first-order chi connectivity index (χ1) is 7.22. The number of nitrogens with one attached hydrogen (secondary N) is 1. The number of nitrogens with zero attached hydrogens (tertiary/aromatic N) is 3. The summed E-state index contributed by atoms with van der Waals surface area (Å²) in [5, 5.41) is 23.2. The maximum atomic E-state index is 9.63. The third kappa shape index (κ3) is 1.61. The number of rotatable bonds is 2. The molecule has 0 fully saturated rings. The Morgan fingerprint density at radius 1 is 1.40 bits per heavy atom. The summed E-state index contributed by atoms with van der Waals surface area (Å²) in [6, 6.07) is 3.43. The summed E-state index contributed by atoms with van der Waals surface area (Å²) < 4.78 is 5.03. The van der Waals surface area contributed by atoms with Crippen LogP contribution in [0, 0.1) is 6.92 Å². The first-order valence-corrected chi connectivity index (χ1v) is 4.34. The summed E-state index contributed by atoms with van der Waals surface area (Å²) in [5.41, 5.74) is 1.45. The molecule has 6 nitrogen and oxygen atoms in total. The van der Waals surface area contributed by atoms with Crippen molar-refractivity contribution in [2.24, 2.45) is 0 Å². The molecule has 15 heavy (non-hydrogen) atoms. The van der Waals surface area contributed by atoms with E-state index in [2.05, 4.69) is 20.6 Å². The molecule has 1 heterocycles. The van der Waals surface area contributed by atoms with Crippen LogP contribution in [0.15, 0.2) is 12.1 Å². The Morgan fingerprint density at radius 3 is 2.80 bits per heavy atom. The second kappa shape index (κ2) is 3.56. The Morgan fingerprint density at radius 2 is 2.20 bits per heavy atom. The van der Waals surface area contributed by atoms with E-state index in [1.165, 1.54) is 7.11 Å². The molecule has 0 saturated carbocycles. The number of benzene rings is 1. The van der Waals surface area contributed by atoms with Gasteiger partial charge in [0.2, 0.25) is 5.82 Å². The first kappa shape index (κ1) is 9.45. The van der Waals surface area contributed by atoms with Gasteiger partial charge in [-0.05, 0) is 29.8 Å². The largest absolute Gasteiger partial charge is 0.504 e. The quantitative estimate of drug-likeness (QED) is 0.762. The minimum Gasteiger partial charge on any atom is -0.504 e. The lowest BCUT2D eigenvalue weighted by Gasteiger charge is -2.07. The maximum absolute atomic E-state index is 9.63. The van der Waals surface area contributed by atoms with Gasteiger partial charge in [-0.1, -0.05) is 0 Å². The Bertz CT molecular complexity index is 467. The van der Waals surface area contributed by atoms with Gasteiger partial charge in [0.25, 0.3) is 0 Å². The molecule has 0 saturated heterocycles. The van der Waals surface area contributed by atoms with E-state index in [0.29, 0.717) is 17.1 Å². The molecule has 0 aliphatic rings. The van der Waals surface area contributed by atoms with Gasteiger partial charge in [-0.2, -0.15) is 5.21 Å². The third-order valence-corrected chi connectivity index (χ3v) is 2.09. The van der Waals surface area contributed by atoms with Crippen LogP contribution in [-0.2, 0) is 0 Å². The van der Waals surface area contributed by atoms with Gasteiger partial charge >= 0.3 is 0 Å². The fourth-order valence-corrected chi connectivity index (χ4v) is 1.32. The van der Waals surface area contributed by atoms with Crippen molar-refractivity contribution in [2.45, 2.75) is 6.92 Å². The predicted molar refractivity (Wildman–Crippen MR) is 52.6 cm³/mol. The molecule has 0 aliphatic heterocycles. The molecule has 0 bridgehead atoms. The number of aromatic nitrogens is 4. The fraction of sp³-hybridized carbons (Fsp3) is 0.222. The second-order valence-electron chi connectivity index (χ2n) is 3.08. The molecule has 2 rings (SSSR count). The normalized spacial score (nSPS) is 10.3. The van der Waals surface area contributed by atoms with Crippen molar-refractivity contribution in [1.82, 2.24) is 20.6 Å². The number of aryl methyl sites for hydroxylation is 1.